The Morgan fingerprint density at radius 2 is 2.00 bits per heavy atom. The molecule has 2 rings (SSSR count). The van der Waals surface area contributed by atoms with Crippen LogP contribution in [0.5, 0.6) is 5.75 Å². The van der Waals surface area contributed by atoms with Gasteiger partial charge in [-0.05, 0) is 32.1 Å². The van der Waals surface area contributed by atoms with Gasteiger partial charge in [0.2, 0.25) is 0 Å². The van der Waals surface area contributed by atoms with E-state index in [0.717, 1.165) is 0 Å². The molecule has 0 atom stereocenters. The van der Waals surface area contributed by atoms with Crippen molar-refractivity contribution in [2.75, 3.05) is 5.73 Å². The number of hydrazone groups is 1. The number of rotatable bonds is 4. The molecule has 0 aliphatic carbocycles. The summed E-state index contributed by atoms with van der Waals surface area (Å²) in [7, 11) is 0. The number of hydrogen-bond acceptors (Lipinski definition) is 4. The van der Waals surface area contributed by atoms with Gasteiger partial charge in [-0.3, -0.25) is 0 Å². The fourth-order valence-electron chi connectivity index (χ4n) is 1.74. The fourth-order valence-corrected chi connectivity index (χ4v) is 1.74. The Morgan fingerprint density at radius 3 is 2.54 bits per heavy atom. The quantitative estimate of drug-likeness (QED) is 0.614. The monoisotopic (exact) mass is 331 g/mol. The Hall–Kier alpha value is -2.56. The van der Waals surface area contributed by atoms with Crippen LogP contribution in [0.3, 0.4) is 0 Å². The molecule has 24 heavy (non-hydrogen) atoms. The first-order valence-electron chi connectivity index (χ1n) is 8.03. The topological polar surface area (TPSA) is 50.9 Å². The summed E-state index contributed by atoms with van der Waals surface area (Å²) in [6.45, 7) is 11.7. The molecule has 1 aliphatic heterocycles. The highest BCUT2D eigenvalue weighted by Gasteiger charge is 2.13. The zero-order valence-corrected chi connectivity index (χ0v) is 14.8. The highest BCUT2D eigenvalue weighted by atomic mass is 19.1. The molecule has 4 nitrogen and oxygen atoms in total. The van der Waals surface area contributed by atoms with Gasteiger partial charge in [0.1, 0.15) is 11.5 Å². The number of nitrogens with two attached hydrogens (primary N) is 1. The van der Waals surface area contributed by atoms with Gasteiger partial charge in [-0.15, -0.1) is 0 Å². The number of unbranched alkanes of at least 4 members (excludes halogenated alkanes) is 1. The SMILES string of the molecule is C=C1C=C(Oc2ccc(N)c(F)c2C)C=CN1/N=C\C.CCCC. The predicted molar refractivity (Wildman–Crippen MR) is 99.1 cm³/mol. The van der Waals surface area contributed by atoms with Crippen LogP contribution in [0.15, 0.2) is 53.6 Å². The van der Waals surface area contributed by atoms with Crippen molar-refractivity contribution in [1.29, 1.82) is 0 Å². The van der Waals surface area contributed by atoms with Crippen molar-refractivity contribution in [2.45, 2.75) is 40.5 Å². The second-order valence-electron chi connectivity index (χ2n) is 5.27. The second kappa shape index (κ2) is 9.55. The molecule has 1 aliphatic rings. The first kappa shape index (κ1) is 19.5. The number of hydrogen-bond donors (Lipinski definition) is 1. The number of nitrogens with zero attached hydrogens (tertiary/aromatic N) is 2. The maximum absolute atomic E-state index is 13.7. The lowest BCUT2D eigenvalue weighted by molar-refractivity contribution is 0.418. The Morgan fingerprint density at radius 1 is 1.33 bits per heavy atom. The molecule has 5 heteroatoms. The maximum Gasteiger partial charge on any atom is 0.152 e. The van der Waals surface area contributed by atoms with E-state index >= 15 is 0 Å². The molecule has 0 bridgehead atoms. The summed E-state index contributed by atoms with van der Waals surface area (Å²) in [6, 6.07) is 3.12. The van der Waals surface area contributed by atoms with Crippen molar-refractivity contribution in [3.8, 4) is 5.75 Å². The van der Waals surface area contributed by atoms with Crippen molar-refractivity contribution < 1.29 is 9.13 Å². The van der Waals surface area contributed by atoms with Gasteiger partial charge in [0.25, 0.3) is 0 Å². The summed E-state index contributed by atoms with van der Waals surface area (Å²) < 4.78 is 19.4. The Bertz CT molecular complexity index is 661. The van der Waals surface area contributed by atoms with E-state index in [2.05, 4.69) is 25.5 Å². The summed E-state index contributed by atoms with van der Waals surface area (Å²) in [4.78, 5) is 0. The Kier molecular flexibility index (Phi) is 7.75. The minimum atomic E-state index is -0.459. The normalized spacial score (nSPS) is 13.6. The standard InChI is InChI=1S/C15H16FN3O.C4H10/c1-4-18-19-8-7-12(9-10(19)2)20-14-6-5-13(17)15(16)11(14)3;1-3-4-2/h4-9H,2,17H2,1,3H3;3-4H2,1-2H3/b18-4-;. The lowest BCUT2D eigenvalue weighted by Crippen LogP contribution is -2.12. The number of allylic oxidation sites excluding steroid dienone is 2. The second-order valence-corrected chi connectivity index (χ2v) is 5.27. The predicted octanol–water partition coefficient (Wildman–Crippen LogP) is 5.13. The number of ether oxygens (including phenoxy) is 1. The van der Waals surface area contributed by atoms with Gasteiger partial charge in [-0.2, -0.15) is 5.10 Å². The molecule has 0 saturated heterocycles. The molecule has 0 spiro atoms. The van der Waals surface area contributed by atoms with E-state index in [9.17, 15) is 4.39 Å². The highest BCUT2D eigenvalue weighted by Crippen LogP contribution is 2.28. The summed E-state index contributed by atoms with van der Waals surface area (Å²) in [6.07, 6.45) is 9.48. The molecule has 0 fully saturated rings. The average molecular weight is 331 g/mol. The minimum Gasteiger partial charge on any atom is -0.457 e. The average Bonchev–Trinajstić information content (AvgIpc) is 2.58. The van der Waals surface area contributed by atoms with Crippen LogP contribution in [0, 0.1) is 12.7 Å². The summed E-state index contributed by atoms with van der Waals surface area (Å²) in [5.74, 6) is 0.525. The molecule has 0 radical (unpaired) electrons. The number of halogens is 1. The van der Waals surface area contributed by atoms with Crippen molar-refractivity contribution in [3.05, 3.63) is 59.9 Å². The van der Waals surface area contributed by atoms with Crippen molar-refractivity contribution in [3.63, 3.8) is 0 Å². The molecular formula is C19H26FN3O. The summed E-state index contributed by atoms with van der Waals surface area (Å²) >= 11 is 0. The Balaban J connectivity index is 0.000000648. The van der Waals surface area contributed by atoms with Crippen molar-refractivity contribution in [1.82, 2.24) is 5.01 Å². The highest BCUT2D eigenvalue weighted by molar-refractivity contribution is 5.53. The van der Waals surface area contributed by atoms with Crippen molar-refractivity contribution >= 4 is 11.9 Å². The van der Waals surface area contributed by atoms with Crippen LogP contribution in [-0.2, 0) is 0 Å². The molecule has 1 aromatic rings. The summed E-state index contributed by atoms with van der Waals surface area (Å²) in [5.41, 5.74) is 6.64. The van der Waals surface area contributed by atoms with Gasteiger partial charge in [0.05, 0.1) is 11.4 Å². The lowest BCUT2D eigenvalue weighted by Gasteiger charge is -2.20. The smallest absolute Gasteiger partial charge is 0.152 e. The van der Waals surface area contributed by atoms with Crippen LogP contribution in [0.2, 0.25) is 0 Å². The molecule has 2 N–H and O–H groups in total. The van der Waals surface area contributed by atoms with E-state index in [1.807, 2.05) is 6.92 Å². The van der Waals surface area contributed by atoms with Gasteiger partial charge < -0.3 is 10.5 Å². The van der Waals surface area contributed by atoms with E-state index in [1.165, 1.54) is 18.9 Å². The largest absolute Gasteiger partial charge is 0.457 e. The third-order valence-electron chi connectivity index (χ3n) is 3.32. The Labute approximate surface area is 143 Å². The van der Waals surface area contributed by atoms with E-state index in [0.29, 0.717) is 22.8 Å². The molecule has 130 valence electrons. The van der Waals surface area contributed by atoms with Gasteiger partial charge in [0.15, 0.2) is 5.82 Å². The van der Waals surface area contributed by atoms with Gasteiger partial charge >= 0.3 is 0 Å². The van der Waals surface area contributed by atoms with Gasteiger partial charge in [0, 0.05) is 24.1 Å². The van der Waals surface area contributed by atoms with Gasteiger partial charge in [-0.25, -0.2) is 9.40 Å². The van der Waals surface area contributed by atoms with Crippen LogP contribution < -0.4 is 10.5 Å². The number of anilines is 1. The molecular weight excluding hydrogens is 305 g/mol. The van der Waals surface area contributed by atoms with E-state index in [-0.39, 0.29) is 5.69 Å². The zero-order chi connectivity index (χ0) is 18.1. The molecule has 0 amide bonds. The first-order valence-corrected chi connectivity index (χ1v) is 8.03. The van der Waals surface area contributed by atoms with Crippen LogP contribution in [0.4, 0.5) is 10.1 Å². The molecule has 1 heterocycles. The van der Waals surface area contributed by atoms with Crippen LogP contribution in [-0.4, -0.2) is 11.2 Å². The summed E-state index contributed by atoms with van der Waals surface area (Å²) in [5, 5.41) is 5.71. The maximum atomic E-state index is 13.7. The minimum absolute atomic E-state index is 0.107. The van der Waals surface area contributed by atoms with Crippen LogP contribution in [0.1, 0.15) is 39.2 Å². The van der Waals surface area contributed by atoms with Crippen LogP contribution in [0.25, 0.3) is 0 Å². The third-order valence-corrected chi connectivity index (χ3v) is 3.32. The number of nitrogen functional groups attached to an aromatic ring is 1. The van der Waals surface area contributed by atoms with Gasteiger partial charge in [-0.1, -0.05) is 33.3 Å². The van der Waals surface area contributed by atoms with E-state index in [1.54, 1.807) is 42.6 Å². The molecule has 0 aromatic heterocycles. The lowest BCUT2D eigenvalue weighted by atomic mass is 10.2. The fraction of sp³-hybridized carbons (Fsp3) is 0.316. The zero-order valence-electron chi connectivity index (χ0n) is 14.8. The van der Waals surface area contributed by atoms with E-state index in [4.69, 9.17) is 10.5 Å². The first-order chi connectivity index (χ1) is 11.4. The number of benzene rings is 1. The molecule has 1 aromatic carbocycles. The molecule has 0 saturated carbocycles. The van der Waals surface area contributed by atoms with Crippen molar-refractivity contribution in [2.24, 2.45) is 5.10 Å². The molecule has 0 unspecified atom stereocenters. The van der Waals surface area contributed by atoms with Crippen LogP contribution >= 0.6 is 0 Å². The third kappa shape index (κ3) is 5.26. The van der Waals surface area contributed by atoms with E-state index < -0.39 is 5.82 Å².